The average molecular weight is 323 g/mol. The first kappa shape index (κ1) is 12.6. The fraction of sp³-hybridized carbons (Fsp3) is 0. The molecular formula is C22H13NS. The van der Waals surface area contributed by atoms with Crippen molar-refractivity contribution in [2.24, 2.45) is 0 Å². The summed E-state index contributed by atoms with van der Waals surface area (Å²) in [6, 6.07) is 26.4. The molecule has 112 valence electrons. The highest BCUT2D eigenvalue weighted by Gasteiger charge is 2.12. The Morgan fingerprint density at radius 1 is 0.625 bits per heavy atom. The third kappa shape index (κ3) is 1.53. The molecule has 0 aliphatic carbocycles. The van der Waals surface area contributed by atoms with E-state index in [1.807, 2.05) is 11.3 Å². The molecule has 0 amide bonds. The first-order valence-corrected chi connectivity index (χ1v) is 8.94. The number of hydrogen-bond donors (Lipinski definition) is 1. The maximum absolute atomic E-state index is 3.63. The number of aromatic amines is 1. The molecule has 2 heterocycles. The fourth-order valence-electron chi connectivity index (χ4n) is 3.84. The largest absolute Gasteiger partial charge is 0.353 e. The first-order chi connectivity index (χ1) is 11.9. The summed E-state index contributed by atoms with van der Waals surface area (Å²) in [6.07, 6.45) is 0. The third-order valence-corrected chi connectivity index (χ3v) is 6.17. The highest BCUT2D eigenvalue weighted by Crippen LogP contribution is 2.41. The molecule has 6 rings (SSSR count). The molecule has 0 atom stereocenters. The van der Waals surface area contributed by atoms with Crippen LogP contribution in [0.2, 0.25) is 0 Å². The minimum Gasteiger partial charge on any atom is -0.353 e. The monoisotopic (exact) mass is 323 g/mol. The van der Waals surface area contributed by atoms with Crippen molar-refractivity contribution >= 4 is 64.1 Å². The summed E-state index contributed by atoms with van der Waals surface area (Å²) in [7, 11) is 0. The lowest BCUT2D eigenvalue weighted by molar-refractivity contribution is 1.57. The van der Waals surface area contributed by atoms with Gasteiger partial charge in [0.25, 0.3) is 0 Å². The van der Waals surface area contributed by atoms with Gasteiger partial charge in [-0.15, -0.1) is 11.3 Å². The molecule has 0 saturated heterocycles. The molecule has 0 aliphatic heterocycles. The summed E-state index contributed by atoms with van der Waals surface area (Å²) >= 11 is 1.89. The number of thiophene rings is 1. The van der Waals surface area contributed by atoms with E-state index in [0.29, 0.717) is 0 Å². The summed E-state index contributed by atoms with van der Waals surface area (Å²) in [5, 5.41) is 7.94. The standard InChI is InChI=1S/C22H13NS/c1-2-6-14-12-20-18(11-13(14)5-1)17-10-9-16-15-7-3-4-8-19(15)23-21(16)22(17)24-20/h1-12,23H. The topological polar surface area (TPSA) is 15.8 Å². The maximum atomic E-state index is 3.63. The molecule has 0 radical (unpaired) electrons. The van der Waals surface area contributed by atoms with Gasteiger partial charge in [-0.1, -0.05) is 54.6 Å². The van der Waals surface area contributed by atoms with Gasteiger partial charge < -0.3 is 4.98 Å². The van der Waals surface area contributed by atoms with Crippen LogP contribution in [0.25, 0.3) is 52.8 Å². The van der Waals surface area contributed by atoms with E-state index in [1.165, 1.54) is 52.8 Å². The van der Waals surface area contributed by atoms with Crippen LogP contribution in [0, 0.1) is 0 Å². The Morgan fingerprint density at radius 2 is 1.38 bits per heavy atom. The van der Waals surface area contributed by atoms with Crippen LogP contribution in [-0.4, -0.2) is 4.98 Å². The van der Waals surface area contributed by atoms with Crippen molar-refractivity contribution in [1.82, 2.24) is 4.98 Å². The molecular weight excluding hydrogens is 310 g/mol. The molecule has 0 spiro atoms. The molecule has 1 N–H and O–H groups in total. The van der Waals surface area contributed by atoms with Gasteiger partial charge in [0.15, 0.2) is 0 Å². The van der Waals surface area contributed by atoms with Crippen LogP contribution >= 0.6 is 11.3 Å². The molecule has 6 aromatic rings. The second kappa shape index (κ2) is 4.37. The summed E-state index contributed by atoms with van der Waals surface area (Å²) in [4.78, 5) is 3.63. The van der Waals surface area contributed by atoms with E-state index in [1.54, 1.807) is 0 Å². The predicted octanol–water partition coefficient (Wildman–Crippen LogP) is 6.84. The predicted molar refractivity (Wildman–Crippen MR) is 106 cm³/mol. The molecule has 0 unspecified atom stereocenters. The van der Waals surface area contributed by atoms with Gasteiger partial charge in [-0.2, -0.15) is 0 Å². The molecule has 0 bridgehead atoms. The van der Waals surface area contributed by atoms with E-state index in [9.17, 15) is 0 Å². The molecule has 2 aromatic heterocycles. The Kier molecular flexibility index (Phi) is 2.29. The molecule has 4 aromatic carbocycles. The van der Waals surface area contributed by atoms with E-state index in [2.05, 4.69) is 77.8 Å². The Labute approximate surface area is 142 Å². The van der Waals surface area contributed by atoms with Crippen molar-refractivity contribution in [2.75, 3.05) is 0 Å². The van der Waals surface area contributed by atoms with Gasteiger partial charge in [0.1, 0.15) is 0 Å². The van der Waals surface area contributed by atoms with Gasteiger partial charge in [0.2, 0.25) is 0 Å². The molecule has 0 fully saturated rings. The zero-order valence-electron chi connectivity index (χ0n) is 12.8. The number of rotatable bonds is 0. The van der Waals surface area contributed by atoms with E-state index in [-0.39, 0.29) is 0 Å². The summed E-state index contributed by atoms with van der Waals surface area (Å²) in [6.45, 7) is 0. The van der Waals surface area contributed by atoms with Crippen LogP contribution in [0.1, 0.15) is 0 Å². The molecule has 0 aliphatic rings. The normalized spacial score (nSPS) is 12.2. The lowest BCUT2D eigenvalue weighted by Crippen LogP contribution is -1.72. The Hall–Kier alpha value is -2.84. The quantitative estimate of drug-likeness (QED) is 0.315. The molecule has 0 saturated carbocycles. The maximum Gasteiger partial charge on any atom is 0.0646 e. The minimum atomic E-state index is 1.21. The smallest absolute Gasteiger partial charge is 0.0646 e. The Bertz CT molecular complexity index is 1400. The zero-order chi connectivity index (χ0) is 15.7. The van der Waals surface area contributed by atoms with Crippen molar-refractivity contribution in [2.45, 2.75) is 0 Å². The number of aromatic nitrogens is 1. The van der Waals surface area contributed by atoms with Gasteiger partial charge >= 0.3 is 0 Å². The van der Waals surface area contributed by atoms with E-state index >= 15 is 0 Å². The third-order valence-electron chi connectivity index (χ3n) is 4.98. The summed E-state index contributed by atoms with van der Waals surface area (Å²) in [5.41, 5.74) is 2.47. The Morgan fingerprint density at radius 3 is 2.29 bits per heavy atom. The lowest BCUT2D eigenvalue weighted by atomic mass is 10.1. The van der Waals surface area contributed by atoms with E-state index in [4.69, 9.17) is 0 Å². The number of H-pyrrole nitrogens is 1. The number of fused-ring (bicyclic) bond motifs is 8. The fourth-order valence-corrected chi connectivity index (χ4v) is 5.07. The number of para-hydroxylation sites is 1. The van der Waals surface area contributed by atoms with Crippen molar-refractivity contribution in [3.63, 3.8) is 0 Å². The van der Waals surface area contributed by atoms with Gasteiger partial charge in [-0.25, -0.2) is 0 Å². The highest BCUT2D eigenvalue weighted by atomic mass is 32.1. The van der Waals surface area contributed by atoms with Crippen molar-refractivity contribution < 1.29 is 0 Å². The molecule has 24 heavy (non-hydrogen) atoms. The Balaban J connectivity index is 1.85. The minimum absolute atomic E-state index is 1.21. The second-order valence-corrected chi connectivity index (χ2v) is 7.39. The van der Waals surface area contributed by atoms with Crippen LogP contribution in [0.5, 0.6) is 0 Å². The number of benzene rings is 4. The molecule has 2 heteroatoms. The summed E-state index contributed by atoms with van der Waals surface area (Å²) < 4.78 is 2.71. The first-order valence-electron chi connectivity index (χ1n) is 8.13. The van der Waals surface area contributed by atoms with Crippen molar-refractivity contribution in [3.8, 4) is 0 Å². The van der Waals surface area contributed by atoms with Crippen LogP contribution < -0.4 is 0 Å². The van der Waals surface area contributed by atoms with Crippen LogP contribution in [0.15, 0.2) is 72.8 Å². The zero-order valence-corrected chi connectivity index (χ0v) is 13.7. The average Bonchev–Trinajstić information content (AvgIpc) is 3.17. The van der Waals surface area contributed by atoms with E-state index in [0.717, 1.165) is 0 Å². The van der Waals surface area contributed by atoms with Gasteiger partial charge in [-0.3, -0.25) is 0 Å². The van der Waals surface area contributed by atoms with Gasteiger partial charge in [0, 0.05) is 31.8 Å². The highest BCUT2D eigenvalue weighted by molar-refractivity contribution is 7.26. The summed E-state index contributed by atoms with van der Waals surface area (Å²) in [5.74, 6) is 0. The van der Waals surface area contributed by atoms with Gasteiger partial charge in [-0.05, 0) is 29.0 Å². The molecule has 1 nitrogen and oxygen atoms in total. The SMILES string of the molecule is c1ccc2cc3c(cc2c1)sc1c3ccc2c3ccccc3[nH]c21. The van der Waals surface area contributed by atoms with E-state index < -0.39 is 0 Å². The van der Waals surface area contributed by atoms with Crippen LogP contribution in [-0.2, 0) is 0 Å². The van der Waals surface area contributed by atoms with Crippen molar-refractivity contribution in [1.29, 1.82) is 0 Å². The van der Waals surface area contributed by atoms with Crippen LogP contribution in [0.3, 0.4) is 0 Å². The second-order valence-electron chi connectivity index (χ2n) is 6.33. The van der Waals surface area contributed by atoms with Gasteiger partial charge in [0.05, 0.1) is 10.2 Å². The van der Waals surface area contributed by atoms with Crippen LogP contribution in [0.4, 0.5) is 0 Å². The number of hydrogen-bond acceptors (Lipinski definition) is 1. The lowest BCUT2D eigenvalue weighted by Gasteiger charge is -1.98. The number of nitrogens with one attached hydrogen (secondary N) is 1. The van der Waals surface area contributed by atoms with Crippen molar-refractivity contribution in [3.05, 3.63) is 72.8 Å².